The maximum atomic E-state index is 11.9. The molecule has 0 aliphatic heterocycles. The molecule has 2 rings (SSSR count). The summed E-state index contributed by atoms with van der Waals surface area (Å²) in [5.41, 5.74) is 2.17. The highest BCUT2D eigenvalue weighted by Gasteiger charge is 2.13. The maximum absolute atomic E-state index is 11.9. The van der Waals surface area contributed by atoms with E-state index in [2.05, 4.69) is 38.6 Å². The molecule has 0 saturated carbocycles. The van der Waals surface area contributed by atoms with Gasteiger partial charge in [0, 0.05) is 25.3 Å². The zero-order valence-corrected chi connectivity index (χ0v) is 32.6. The number of unbranched alkanes of at least 4 members (excludes halogenated alkanes) is 6. The highest BCUT2D eigenvalue weighted by atomic mass is 16.9. The van der Waals surface area contributed by atoms with Crippen molar-refractivity contribution in [1.29, 1.82) is 0 Å². The van der Waals surface area contributed by atoms with E-state index in [-0.39, 0.29) is 13.2 Å². The second kappa shape index (κ2) is 31.3. The molecule has 0 heterocycles. The number of methoxy groups -OCH3 is 2. The van der Waals surface area contributed by atoms with Gasteiger partial charge in [-0.1, -0.05) is 102 Å². The standard InChI is InChI=1S/C19H19NO7.C16H32O.C7H12O/c1-24-17-9-7-14(11-18(17)25-2)8-10-19(21)26-12-15-3-5-16(6-4-15)13-27-20(22)23;1-5-7-8-9-10-11-16(17)13-12-15(6-2)14(3)4;1-2-3-4-5-6-7-8/h3-11H,12-13H2,1-2H3;14-15H,5-13H2,1-4H3;2-3,7H,4-6H2,1H3/b10-8+;;. The lowest BCUT2D eigenvalue weighted by atomic mass is 9.88. The summed E-state index contributed by atoms with van der Waals surface area (Å²) in [7, 11) is 3.08. The van der Waals surface area contributed by atoms with Crippen molar-refractivity contribution in [2.24, 2.45) is 11.8 Å². The highest BCUT2D eigenvalue weighted by Crippen LogP contribution is 2.28. The maximum Gasteiger partial charge on any atom is 0.331 e. The van der Waals surface area contributed by atoms with Crippen molar-refractivity contribution in [3.05, 3.63) is 87.5 Å². The minimum absolute atomic E-state index is 0.0888. The summed E-state index contributed by atoms with van der Waals surface area (Å²) < 4.78 is 15.5. The molecule has 52 heavy (non-hydrogen) atoms. The molecule has 10 nitrogen and oxygen atoms in total. The molecule has 0 aliphatic carbocycles. The molecule has 0 spiro atoms. The number of nitrogens with zero attached hydrogens (tertiary/aromatic N) is 1. The lowest BCUT2D eigenvalue weighted by Crippen LogP contribution is -2.10. The van der Waals surface area contributed by atoms with Crippen LogP contribution < -0.4 is 9.47 Å². The number of hydrogen-bond acceptors (Lipinski definition) is 9. The number of carbonyl (C=O) groups is 3. The summed E-state index contributed by atoms with van der Waals surface area (Å²) >= 11 is 0. The van der Waals surface area contributed by atoms with Crippen LogP contribution in [0.1, 0.15) is 128 Å². The first kappa shape index (κ1) is 47.5. The molecule has 0 amide bonds. The quantitative estimate of drug-likeness (QED) is 0.0197. The van der Waals surface area contributed by atoms with E-state index in [9.17, 15) is 24.5 Å². The van der Waals surface area contributed by atoms with Gasteiger partial charge in [-0.3, -0.25) is 4.79 Å². The van der Waals surface area contributed by atoms with E-state index in [1.165, 1.54) is 45.3 Å². The molecule has 0 saturated heterocycles. The molecular formula is C42H63NO9. The number of ketones is 1. The average molecular weight is 726 g/mol. The summed E-state index contributed by atoms with van der Waals surface area (Å²) in [4.78, 5) is 47.8. The fourth-order valence-electron chi connectivity index (χ4n) is 5.07. The van der Waals surface area contributed by atoms with Gasteiger partial charge in [-0.15, -0.1) is 10.1 Å². The number of Topliss-reactive ketones (excluding diaryl/α,β-unsaturated/α-hetero) is 1. The van der Waals surface area contributed by atoms with E-state index in [4.69, 9.17) is 14.2 Å². The van der Waals surface area contributed by atoms with Gasteiger partial charge in [-0.25, -0.2) is 4.79 Å². The molecule has 1 unspecified atom stereocenters. The highest BCUT2D eigenvalue weighted by molar-refractivity contribution is 5.87. The number of allylic oxidation sites excluding steroid dienone is 2. The predicted molar refractivity (Wildman–Crippen MR) is 208 cm³/mol. The van der Waals surface area contributed by atoms with E-state index < -0.39 is 11.1 Å². The Morgan fingerprint density at radius 2 is 1.50 bits per heavy atom. The normalized spacial score (nSPS) is 11.2. The molecule has 0 aliphatic rings. The molecule has 0 radical (unpaired) electrons. The van der Waals surface area contributed by atoms with Crippen LogP contribution in [-0.2, 0) is 37.2 Å². The molecule has 2 aromatic rings. The predicted octanol–water partition coefficient (Wildman–Crippen LogP) is 10.5. The number of hydrogen-bond donors (Lipinski definition) is 0. The summed E-state index contributed by atoms with van der Waals surface area (Å²) in [6.45, 7) is 10.9. The van der Waals surface area contributed by atoms with Gasteiger partial charge in [0.05, 0.1) is 14.2 Å². The van der Waals surface area contributed by atoms with E-state index in [0.29, 0.717) is 29.3 Å². The minimum Gasteiger partial charge on any atom is -0.493 e. The zero-order valence-electron chi connectivity index (χ0n) is 32.6. The Kier molecular flexibility index (Phi) is 28.6. The summed E-state index contributed by atoms with van der Waals surface area (Å²) in [5.74, 6) is 2.61. The first-order chi connectivity index (χ1) is 25.0. The fraction of sp³-hybridized carbons (Fsp3) is 0.548. The fourth-order valence-corrected chi connectivity index (χ4v) is 5.07. The number of esters is 1. The second-order valence-electron chi connectivity index (χ2n) is 12.7. The van der Waals surface area contributed by atoms with E-state index >= 15 is 0 Å². The third-order valence-corrected chi connectivity index (χ3v) is 8.31. The van der Waals surface area contributed by atoms with Crippen LogP contribution in [-0.4, -0.2) is 37.3 Å². The molecule has 0 N–H and O–H groups in total. The molecule has 2 aromatic carbocycles. The Labute approximate surface area is 312 Å². The number of benzene rings is 2. The Hall–Kier alpha value is -4.47. The van der Waals surface area contributed by atoms with Crippen LogP contribution in [0.3, 0.4) is 0 Å². The van der Waals surface area contributed by atoms with Crippen LogP contribution in [0.2, 0.25) is 0 Å². The van der Waals surface area contributed by atoms with E-state index in [1.54, 1.807) is 55.7 Å². The van der Waals surface area contributed by atoms with E-state index in [1.807, 2.05) is 13.0 Å². The van der Waals surface area contributed by atoms with Gasteiger partial charge in [-0.2, -0.15) is 0 Å². The summed E-state index contributed by atoms with van der Waals surface area (Å²) in [6, 6.07) is 12.0. The van der Waals surface area contributed by atoms with E-state index in [0.717, 1.165) is 67.8 Å². The van der Waals surface area contributed by atoms with Gasteiger partial charge in [-0.05, 0) is 79.3 Å². The van der Waals surface area contributed by atoms with Crippen LogP contribution in [0.4, 0.5) is 0 Å². The molecule has 1 atom stereocenters. The minimum atomic E-state index is -0.847. The molecule has 290 valence electrons. The largest absolute Gasteiger partial charge is 0.493 e. The monoisotopic (exact) mass is 725 g/mol. The number of carbonyl (C=O) groups excluding carboxylic acids is 3. The molecule has 0 fully saturated rings. The van der Waals surface area contributed by atoms with Gasteiger partial charge in [0.15, 0.2) is 11.5 Å². The van der Waals surface area contributed by atoms with Crippen LogP contribution in [0.25, 0.3) is 6.08 Å². The van der Waals surface area contributed by atoms with Gasteiger partial charge in [0.25, 0.3) is 5.09 Å². The lowest BCUT2D eigenvalue weighted by Gasteiger charge is -2.18. The average Bonchev–Trinajstić information content (AvgIpc) is 3.14. The molecule has 0 aromatic heterocycles. The first-order valence-electron chi connectivity index (χ1n) is 18.5. The second-order valence-corrected chi connectivity index (χ2v) is 12.7. The topological polar surface area (TPSA) is 131 Å². The van der Waals surface area contributed by atoms with Gasteiger partial charge in [0.2, 0.25) is 0 Å². The number of ether oxygens (including phenoxy) is 3. The van der Waals surface area contributed by atoms with Crippen molar-refractivity contribution in [3.8, 4) is 11.5 Å². The van der Waals surface area contributed by atoms with Crippen molar-refractivity contribution < 1.29 is 38.5 Å². The SMILES string of the molecule is CC=CCCCC=O.CCCCCCCC(=O)CCC(CC)C(C)C.COc1ccc(/C=C/C(=O)OCc2ccc(CO[N+](=O)[O-])cc2)cc1OC. The Bertz CT molecular complexity index is 1320. The Morgan fingerprint density at radius 1 is 0.846 bits per heavy atom. The van der Waals surface area contributed by atoms with Crippen LogP contribution in [0, 0.1) is 22.0 Å². The third-order valence-electron chi connectivity index (χ3n) is 8.31. The third kappa shape index (κ3) is 24.6. The van der Waals surface area contributed by atoms with Crippen molar-refractivity contribution in [2.45, 2.75) is 125 Å². The first-order valence-corrected chi connectivity index (χ1v) is 18.5. The van der Waals surface area contributed by atoms with Gasteiger partial charge in [0.1, 0.15) is 25.3 Å². The number of rotatable bonds is 24. The van der Waals surface area contributed by atoms with Crippen molar-refractivity contribution in [1.82, 2.24) is 0 Å². The summed E-state index contributed by atoms with van der Waals surface area (Å²) in [5, 5.41) is 9.31. The van der Waals surface area contributed by atoms with Gasteiger partial charge >= 0.3 is 5.97 Å². The van der Waals surface area contributed by atoms with Crippen molar-refractivity contribution in [2.75, 3.05) is 14.2 Å². The molecule has 10 heteroatoms. The van der Waals surface area contributed by atoms with Crippen LogP contribution in [0.15, 0.2) is 60.7 Å². The van der Waals surface area contributed by atoms with Crippen molar-refractivity contribution >= 4 is 24.1 Å². The van der Waals surface area contributed by atoms with Crippen LogP contribution in [0.5, 0.6) is 11.5 Å². The van der Waals surface area contributed by atoms with Gasteiger partial charge < -0.3 is 23.8 Å². The Morgan fingerprint density at radius 3 is 2.06 bits per heavy atom. The Balaban J connectivity index is 0.000000885. The number of aldehydes is 1. The molecule has 0 bridgehead atoms. The zero-order chi connectivity index (χ0) is 39.0. The summed E-state index contributed by atoms with van der Waals surface area (Å²) in [6.07, 6.45) is 20.9. The molecular weight excluding hydrogens is 662 g/mol. The van der Waals surface area contributed by atoms with Crippen molar-refractivity contribution in [3.63, 3.8) is 0 Å². The van der Waals surface area contributed by atoms with Crippen LogP contribution >= 0.6 is 0 Å². The lowest BCUT2D eigenvalue weighted by molar-refractivity contribution is -0.763. The smallest absolute Gasteiger partial charge is 0.331 e.